The third-order valence-corrected chi connectivity index (χ3v) is 4.94. The molecule has 8 heteroatoms. The number of aromatic nitrogens is 3. The molecule has 0 spiro atoms. The molecular formula is C12H23N5O2S. The van der Waals surface area contributed by atoms with Crippen LogP contribution in [0.3, 0.4) is 0 Å². The van der Waals surface area contributed by atoms with Crippen molar-refractivity contribution < 1.29 is 8.42 Å². The van der Waals surface area contributed by atoms with Crippen molar-refractivity contribution in [3.05, 3.63) is 12.2 Å². The zero-order valence-electron chi connectivity index (χ0n) is 11.6. The van der Waals surface area contributed by atoms with Crippen LogP contribution in [0.5, 0.6) is 0 Å². The van der Waals surface area contributed by atoms with E-state index in [1.54, 1.807) is 0 Å². The summed E-state index contributed by atoms with van der Waals surface area (Å²) >= 11 is 0. The van der Waals surface area contributed by atoms with Crippen molar-refractivity contribution in [2.45, 2.75) is 44.6 Å². The Morgan fingerprint density at radius 2 is 2.30 bits per heavy atom. The molecule has 114 valence electrons. The fourth-order valence-electron chi connectivity index (χ4n) is 2.37. The van der Waals surface area contributed by atoms with Gasteiger partial charge in [-0.3, -0.25) is 5.10 Å². The first-order valence-electron chi connectivity index (χ1n) is 7.21. The minimum Gasteiger partial charge on any atom is -0.314 e. The van der Waals surface area contributed by atoms with Crippen LogP contribution in [0.15, 0.2) is 6.33 Å². The molecule has 0 saturated carbocycles. The monoisotopic (exact) mass is 301 g/mol. The fraction of sp³-hybridized carbons (Fsp3) is 0.833. The molecule has 1 aromatic heterocycles. The smallest absolute Gasteiger partial charge is 0.211 e. The topological polar surface area (TPSA) is 99.8 Å². The molecule has 2 rings (SSSR count). The van der Waals surface area contributed by atoms with Gasteiger partial charge in [0.1, 0.15) is 12.2 Å². The molecule has 0 radical (unpaired) electrons. The summed E-state index contributed by atoms with van der Waals surface area (Å²) in [5.41, 5.74) is 0. The molecule has 1 aromatic rings. The van der Waals surface area contributed by atoms with Crippen molar-refractivity contribution >= 4 is 10.0 Å². The van der Waals surface area contributed by atoms with E-state index < -0.39 is 10.0 Å². The zero-order chi connectivity index (χ0) is 14.3. The van der Waals surface area contributed by atoms with Crippen molar-refractivity contribution in [2.75, 3.05) is 18.8 Å². The van der Waals surface area contributed by atoms with E-state index >= 15 is 0 Å². The summed E-state index contributed by atoms with van der Waals surface area (Å²) in [7, 11) is -3.16. The summed E-state index contributed by atoms with van der Waals surface area (Å²) in [6, 6.07) is 0.356. The van der Waals surface area contributed by atoms with Crippen LogP contribution < -0.4 is 10.0 Å². The predicted octanol–water partition coefficient (Wildman–Crippen LogP) is 0.189. The molecular weight excluding hydrogens is 278 g/mol. The first-order valence-corrected chi connectivity index (χ1v) is 8.86. The van der Waals surface area contributed by atoms with Crippen LogP contribution in [-0.2, 0) is 16.4 Å². The van der Waals surface area contributed by atoms with Gasteiger partial charge in [-0.05, 0) is 32.2 Å². The molecule has 3 N–H and O–H groups in total. The number of hydrogen-bond acceptors (Lipinski definition) is 5. The lowest BCUT2D eigenvalue weighted by Gasteiger charge is -2.23. The summed E-state index contributed by atoms with van der Waals surface area (Å²) in [5.74, 6) is 0.989. The maximum absolute atomic E-state index is 11.9. The highest BCUT2D eigenvalue weighted by atomic mass is 32.2. The third-order valence-electron chi connectivity index (χ3n) is 3.52. The Bertz CT molecular complexity index is 468. The van der Waals surface area contributed by atoms with Gasteiger partial charge in [0.05, 0.1) is 5.75 Å². The van der Waals surface area contributed by atoms with Gasteiger partial charge < -0.3 is 5.32 Å². The SMILES string of the molecule is O=S(=O)(CCC1CCCCN1)NCCCc1ncn[nH]1. The van der Waals surface area contributed by atoms with Gasteiger partial charge in [-0.15, -0.1) is 0 Å². The summed E-state index contributed by atoms with van der Waals surface area (Å²) in [4.78, 5) is 4.00. The number of hydrogen-bond donors (Lipinski definition) is 3. The van der Waals surface area contributed by atoms with Crippen LogP contribution in [0, 0.1) is 0 Å². The molecule has 0 amide bonds. The Hall–Kier alpha value is -0.990. The van der Waals surface area contributed by atoms with Crippen molar-refractivity contribution in [3.63, 3.8) is 0 Å². The maximum atomic E-state index is 11.9. The molecule has 1 fully saturated rings. The highest BCUT2D eigenvalue weighted by Gasteiger charge is 2.16. The summed E-state index contributed by atoms with van der Waals surface area (Å²) in [6.07, 6.45) is 7.05. The lowest BCUT2D eigenvalue weighted by molar-refractivity contribution is 0.392. The number of nitrogens with one attached hydrogen (secondary N) is 3. The number of piperidine rings is 1. The summed E-state index contributed by atoms with van der Waals surface area (Å²) < 4.78 is 26.4. The summed E-state index contributed by atoms with van der Waals surface area (Å²) in [5, 5.41) is 9.87. The normalized spacial score (nSPS) is 20.1. The van der Waals surface area contributed by atoms with Gasteiger partial charge in [-0.1, -0.05) is 6.42 Å². The number of rotatable bonds is 8. The van der Waals surface area contributed by atoms with Crippen LogP contribution in [0.4, 0.5) is 0 Å². The highest BCUT2D eigenvalue weighted by Crippen LogP contribution is 2.10. The Morgan fingerprint density at radius 3 is 3.00 bits per heavy atom. The van der Waals surface area contributed by atoms with Gasteiger partial charge >= 0.3 is 0 Å². The Morgan fingerprint density at radius 1 is 1.40 bits per heavy atom. The van der Waals surface area contributed by atoms with Crippen LogP contribution in [0.25, 0.3) is 0 Å². The number of nitrogens with zero attached hydrogens (tertiary/aromatic N) is 2. The molecule has 7 nitrogen and oxygen atoms in total. The van der Waals surface area contributed by atoms with E-state index in [0.29, 0.717) is 25.4 Å². The van der Waals surface area contributed by atoms with E-state index in [1.807, 2.05) is 0 Å². The van der Waals surface area contributed by atoms with Gasteiger partial charge in [-0.2, -0.15) is 5.10 Å². The average molecular weight is 301 g/mol. The van der Waals surface area contributed by atoms with Gasteiger partial charge in [0.25, 0.3) is 0 Å². The first-order chi connectivity index (χ1) is 9.66. The number of sulfonamides is 1. The van der Waals surface area contributed by atoms with E-state index in [0.717, 1.165) is 25.2 Å². The quantitative estimate of drug-likeness (QED) is 0.595. The molecule has 1 atom stereocenters. The van der Waals surface area contributed by atoms with Crippen LogP contribution in [0.2, 0.25) is 0 Å². The van der Waals surface area contributed by atoms with E-state index in [4.69, 9.17) is 0 Å². The predicted molar refractivity (Wildman–Crippen MR) is 76.8 cm³/mol. The molecule has 0 aliphatic carbocycles. The first kappa shape index (κ1) is 15.4. The van der Waals surface area contributed by atoms with E-state index in [1.165, 1.54) is 19.2 Å². The Balaban J connectivity index is 1.60. The molecule has 1 saturated heterocycles. The number of aryl methyl sites for hydroxylation is 1. The highest BCUT2D eigenvalue weighted by molar-refractivity contribution is 7.89. The second kappa shape index (κ2) is 7.70. The Kier molecular flexibility index (Phi) is 5.93. The fourth-order valence-corrected chi connectivity index (χ4v) is 3.57. The van der Waals surface area contributed by atoms with Crippen molar-refractivity contribution in [1.82, 2.24) is 25.2 Å². The van der Waals surface area contributed by atoms with Gasteiger partial charge in [0.2, 0.25) is 10.0 Å². The van der Waals surface area contributed by atoms with Crippen molar-refractivity contribution in [2.24, 2.45) is 0 Å². The van der Waals surface area contributed by atoms with Gasteiger partial charge in [-0.25, -0.2) is 18.1 Å². The largest absolute Gasteiger partial charge is 0.314 e. The number of H-pyrrole nitrogens is 1. The van der Waals surface area contributed by atoms with Gasteiger partial charge in [0, 0.05) is 19.0 Å². The molecule has 1 aliphatic rings. The molecule has 2 heterocycles. The maximum Gasteiger partial charge on any atom is 0.211 e. The molecule has 0 aromatic carbocycles. The van der Waals surface area contributed by atoms with E-state index in [2.05, 4.69) is 25.2 Å². The average Bonchev–Trinajstić information content (AvgIpc) is 2.96. The summed E-state index contributed by atoms with van der Waals surface area (Å²) in [6.45, 7) is 1.45. The minimum atomic E-state index is -3.16. The molecule has 1 unspecified atom stereocenters. The standard InChI is InChI=1S/C12H23N5O2S/c18-20(19,9-6-11-4-1-2-7-13-11)16-8-3-5-12-14-10-15-17-12/h10-11,13,16H,1-9H2,(H,14,15,17). The van der Waals surface area contributed by atoms with Crippen molar-refractivity contribution in [3.8, 4) is 0 Å². The minimum absolute atomic E-state index is 0.201. The molecule has 0 bridgehead atoms. The third kappa shape index (κ3) is 5.56. The van der Waals surface area contributed by atoms with Crippen molar-refractivity contribution in [1.29, 1.82) is 0 Å². The lowest BCUT2D eigenvalue weighted by Crippen LogP contribution is -2.37. The molecule has 1 aliphatic heterocycles. The Labute approximate surface area is 120 Å². The second-order valence-electron chi connectivity index (χ2n) is 5.18. The zero-order valence-corrected chi connectivity index (χ0v) is 12.5. The lowest BCUT2D eigenvalue weighted by atomic mass is 10.0. The van der Waals surface area contributed by atoms with Gasteiger partial charge in [0.15, 0.2) is 0 Å². The van der Waals surface area contributed by atoms with E-state index in [9.17, 15) is 8.42 Å². The van der Waals surface area contributed by atoms with Crippen LogP contribution in [-0.4, -0.2) is 48.5 Å². The number of aromatic amines is 1. The molecule has 20 heavy (non-hydrogen) atoms. The second-order valence-corrected chi connectivity index (χ2v) is 7.11. The van der Waals surface area contributed by atoms with E-state index in [-0.39, 0.29) is 5.75 Å². The van der Waals surface area contributed by atoms with Crippen LogP contribution >= 0.6 is 0 Å². The van der Waals surface area contributed by atoms with Crippen LogP contribution in [0.1, 0.15) is 37.9 Å².